The predicted molar refractivity (Wildman–Crippen MR) is 76.4 cm³/mol. The summed E-state index contributed by atoms with van der Waals surface area (Å²) in [5, 5.41) is 8.96. The number of aliphatic hydroxyl groups excluding tert-OH is 1. The van der Waals surface area contributed by atoms with Gasteiger partial charge in [-0.05, 0) is 45.2 Å². The Bertz CT molecular complexity index is 565. The molecule has 1 rings (SSSR count). The molecule has 6 heteroatoms. The standard InChI is InChI=1S/C13H22N2O3S/c1-9-5-6-10(2)12(11(9)14)19(17,18)15-13(3,4)7-8-16/h5-6,15-16H,7-8,14H2,1-4H3. The number of nitrogens with two attached hydrogens (primary N) is 1. The van der Waals surface area contributed by atoms with Crippen LogP contribution in [0.1, 0.15) is 31.4 Å². The van der Waals surface area contributed by atoms with Gasteiger partial charge in [0, 0.05) is 12.1 Å². The Labute approximate surface area is 114 Å². The van der Waals surface area contributed by atoms with E-state index < -0.39 is 15.6 Å². The fraction of sp³-hybridized carbons (Fsp3) is 0.538. The largest absolute Gasteiger partial charge is 0.397 e. The van der Waals surface area contributed by atoms with Gasteiger partial charge in [0.25, 0.3) is 0 Å². The Morgan fingerprint density at radius 3 is 2.32 bits per heavy atom. The molecule has 108 valence electrons. The maximum atomic E-state index is 12.4. The van der Waals surface area contributed by atoms with Gasteiger partial charge in [0.1, 0.15) is 4.90 Å². The molecule has 0 aliphatic rings. The molecule has 0 atom stereocenters. The zero-order valence-corrected chi connectivity index (χ0v) is 12.6. The Kier molecular flexibility index (Phi) is 4.60. The van der Waals surface area contributed by atoms with E-state index in [1.807, 2.05) is 0 Å². The number of benzene rings is 1. The second-order valence-corrected chi connectivity index (χ2v) is 7.02. The molecule has 0 aliphatic heterocycles. The number of aryl methyl sites for hydroxylation is 2. The molecule has 0 radical (unpaired) electrons. The first-order chi connectivity index (χ1) is 8.60. The topological polar surface area (TPSA) is 92.4 Å². The second-order valence-electron chi connectivity index (χ2n) is 5.41. The number of sulfonamides is 1. The molecule has 0 aromatic heterocycles. The van der Waals surface area contributed by atoms with Crippen LogP contribution in [0.25, 0.3) is 0 Å². The minimum Gasteiger partial charge on any atom is -0.397 e. The number of hydrogen-bond donors (Lipinski definition) is 3. The van der Waals surface area contributed by atoms with E-state index in [1.165, 1.54) is 0 Å². The van der Waals surface area contributed by atoms with Gasteiger partial charge in [-0.15, -0.1) is 0 Å². The Morgan fingerprint density at radius 2 is 1.79 bits per heavy atom. The zero-order chi connectivity index (χ0) is 14.8. The molecule has 0 heterocycles. The Balaban J connectivity index is 3.26. The lowest BCUT2D eigenvalue weighted by Gasteiger charge is -2.26. The van der Waals surface area contributed by atoms with Crippen LogP contribution in [0, 0.1) is 13.8 Å². The van der Waals surface area contributed by atoms with E-state index in [2.05, 4.69) is 4.72 Å². The minimum atomic E-state index is -3.71. The van der Waals surface area contributed by atoms with Crippen molar-refractivity contribution in [2.75, 3.05) is 12.3 Å². The highest BCUT2D eigenvalue weighted by Crippen LogP contribution is 2.27. The number of aliphatic hydroxyl groups is 1. The van der Waals surface area contributed by atoms with Gasteiger partial charge < -0.3 is 10.8 Å². The molecular formula is C13H22N2O3S. The summed E-state index contributed by atoms with van der Waals surface area (Å²) in [4.78, 5) is 0.124. The van der Waals surface area contributed by atoms with Crippen LogP contribution < -0.4 is 10.5 Å². The summed E-state index contributed by atoms with van der Waals surface area (Å²) in [6.07, 6.45) is 0.330. The molecule has 1 aromatic rings. The summed E-state index contributed by atoms with van der Waals surface area (Å²) in [7, 11) is -3.71. The Morgan fingerprint density at radius 1 is 1.26 bits per heavy atom. The number of rotatable bonds is 5. The predicted octanol–water partition coefficient (Wildman–Crippen LogP) is 1.32. The fourth-order valence-electron chi connectivity index (χ4n) is 1.91. The van der Waals surface area contributed by atoms with Crippen molar-refractivity contribution in [3.63, 3.8) is 0 Å². The van der Waals surface area contributed by atoms with Crippen LogP contribution in [0.5, 0.6) is 0 Å². The van der Waals surface area contributed by atoms with E-state index >= 15 is 0 Å². The summed E-state index contributed by atoms with van der Waals surface area (Å²) in [6.45, 7) is 6.85. The van der Waals surface area contributed by atoms with Crippen molar-refractivity contribution in [2.45, 2.75) is 44.6 Å². The Hall–Kier alpha value is -1.11. The summed E-state index contributed by atoms with van der Waals surface area (Å²) in [5.41, 5.74) is 6.77. The molecule has 0 aliphatic carbocycles. The molecular weight excluding hydrogens is 264 g/mol. The van der Waals surface area contributed by atoms with Gasteiger partial charge in [0.15, 0.2) is 0 Å². The lowest BCUT2D eigenvalue weighted by Crippen LogP contribution is -2.44. The normalized spacial score (nSPS) is 12.7. The van der Waals surface area contributed by atoms with E-state index in [9.17, 15) is 8.42 Å². The van der Waals surface area contributed by atoms with Crippen LogP contribution in [0.15, 0.2) is 17.0 Å². The summed E-state index contributed by atoms with van der Waals surface area (Å²) < 4.78 is 27.5. The maximum absolute atomic E-state index is 12.4. The van der Waals surface area contributed by atoms with E-state index in [-0.39, 0.29) is 17.2 Å². The molecule has 19 heavy (non-hydrogen) atoms. The molecule has 0 unspecified atom stereocenters. The van der Waals surface area contributed by atoms with Crippen molar-refractivity contribution in [3.8, 4) is 0 Å². The molecule has 5 nitrogen and oxygen atoms in total. The van der Waals surface area contributed by atoms with Crippen molar-refractivity contribution in [1.82, 2.24) is 4.72 Å². The van der Waals surface area contributed by atoms with Crippen LogP contribution >= 0.6 is 0 Å². The van der Waals surface area contributed by atoms with Crippen LogP contribution in [0.4, 0.5) is 5.69 Å². The lowest BCUT2D eigenvalue weighted by atomic mass is 10.0. The third-order valence-electron chi connectivity index (χ3n) is 3.03. The molecule has 0 bridgehead atoms. The van der Waals surface area contributed by atoms with Crippen molar-refractivity contribution in [3.05, 3.63) is 23.3 Å². The van der Waals surface area contributed by atoms with E-state index in [4.69, 9.17) is 10.8 Å². The average molecular weight is 286 g/mol. The highest BCUT2D eigenvalue weighted by atomic mass is 32.2. The first-order valence-corrected chi connectivity index (χ1v) is 7.59. The number of nitrogen functional groups attached to an aromatic ring is 1. The van der Waals surface area contributed by atoms with Crippen molar-refractivity contribution >= 4 is 15.7 Å². The van der Waals surface area contributed by atoms with Gasteiger partial charge in [-0.3, -0.25) is 0 Å². The van der Waals surface area contributed by atoms with Crippen LogP contribution in [0.2, 0.25) is 0 Å². The van der Waals surface area contributed by atoms with Gasteiger partial charge in [0.05, 0.1) is 5.69 Å². The highest BCUT2D eigenvalue weighted by Gasteiger charge is 2.28. The lowest BCUT2D eigenvalue weighted by molar-refractivity contribution is 0.246. The van der Waals surface area contributed by atoms with Gasteiger partial charge in [-0.25, -0.2) is 13.1 Å². The third kappa shape index (κ3) is 3.68. The van der Waals surface area contributed by atoms with Gasteiger partial charge in [-0.2, -0.15) is 0 Å². The number of anilines is 1. The molecule has 4 N–H and O–H groups in total. The van der Waals surface area contributed by atoms with E-state index in [0.29, 0.717) is 12.0 Å². The first-order valence-electron chi connectivity index (χ1n) is 6.11. The van der Waals surface area contributed by atoms with Crippen molar-refractivity contribution < 1.29 is 13.5 Å². The SMILES string of the molecule is Cc1ccc(C)c(S(=O)(=O)NC(C)(C)CCO)c1N. The monoisotopic (exact) mass is 286 g/mol. The second kappa shape index (κ2) is 5.48. The van der Waals surface area contributed by atoms with Crippen LogP contribution in [-0.4, -0.2) is 25.7 Å². The van der Waals surface area contributed by atoms with Gasteiger partial charge >= 0.3 is 0 Å². The number of nitrogens with one attached hydrogen (secondary N) is 1. The average Bonchev–Trinajstić information content (AvgIpc) is 2.21. The quantitative estimate of drug-likeness (QED) is 0.712. The molecule has 0 fully saturated rings. The van der Waals surface area contributed by atoms with Crippen LogP contribution in [-0.2, 0) is 10.0 Å². The molecule has 1 aromatic carbocycles. The summed E-state index contributed by atoms with van der Waals surface area (Å²) in [5.74, 6) is 0. The smallest absolute Gasteiger partial charge is 0.243 e. The molecule has 0 spiro atoms. The maximum Gasteiger partial charge on any atom is 0.243 e. The van der Waals surface area contributed by atoms with Gasteiger partial charge in [-0.1, -0.05) is 12.1 Å². The molecule has 0 saturated carbocycles. The third-order valence-corrected chi connectivity index (χ3v) is 4.93. The van der Waals surface area contributed by atoms with Crippen molar-refractivity contribution in [1.29, 1.82) is 0 Å². The highest BCUT2D eigenvalue weighted by molar-refractivity contribution is 7.89. The zero-order valence-electron chi connectivity index (χ0n) is 11.8. The van der Waals surface area contributed by atoms with Gasteiger partial charge in [0.2, 0.25) is 10.0 Å². The van der Waals surface area contributed by atoms with E-state index in [0.717, 1.165) is 5.56 Å². The van der Waals surface area contributed by atoms with Crippen molar-refractivity contribution in [2.24, 2.45) is 0 Å². The summed E-state index contributed by atoms with van der Waals surface area (Å²) in [6, 6.07) is 3.53. The first kappa shape index (κ1) is 15.9. The number of hydrogen-bond acceptors (Lipinski definition) is 4. The molecule has 0 amide bonds. The van der Waals surface area contributed by atoms with E-state index in [1.54, 1.807) is 39.8 Å². The molecule has 0 saturated heterocycles. The van der Waals surface area contributed by atoms with Crippen LogP contribution in [0.3, 0.4) is 0 Å². The minimum absolute atomic E-state index is 0.0855. The summed E-state index contributed by atoms with van der Waals surface area (Å²) >= 11 is 0. The fourth-order valence-corrected chi connectivity index (χ4v) is 3.78.